The molecule has 0 aliphatic heterocycles. The second kappa shape index (κ2) is 11.6. The van der Waals surface area contributed by atoms with Gasteiger partial charge in [-0.05, 0) is 47.9 Å². The van der Waals surface area contributed by atoms with E-state index in [2.05, 4.69) is 5.32 Å². The molecule has 9 heteroatoms. The predicted octanol–water partition coefficient (Wildman–Crippen LogP) is 3.87. The van der Waals surface area contributed by atoms with Gasteiger partial charge in [-0.15, -0.1) is 0 Å². The first-order valence-corrected chi connectivity index (χ1v) is 12.4. The molecule has 0 aromatic heterocycles. The molecule has 184 valence electrons. The van der Waals surface area contributed by atoms with E-state index in [9.17, 15) is 18.0 Å². The van der Waals surface area contributed by atoms with Crippen LogP contribution in [0.2, 0.25) is 0 Å². The monoisotopic (exact) mass is 496 g/mol. The lowest BCUT2D eigenvalue weighted by atomic mass is 10.1. The Bertz CT molecular complexity index is 1290. The number of anilines is 1. The normalized spacial score (nSPS) is 11.2. The zero-order valence-electron chi connectivity index (χ0n) is 19.9. The highest BCUT2D eigenvalue weighted by molar-refractivity contribution is 7.89. The third kappa shape index (κ3) is 6.68. The zero-order chi connectivity index (χ0) is 25.4. The number of carbonyl (C=O) groups excluding carboxylic acids is 2. The smallest absolute Gasteiger partial charge is 0.338 e. The van der Waals surface area contributed by atoms with Crippen LogP contribution in [0, 0.1) is 0 Å². The maximum atomic E-state index is 13.2. The largest absolute Gasteiger partial charge is 0.495 e. The number of amides is 1. The molecule has 3 rings (SSSR count). The van der Waals surface area contributed by atoms with Gasteiger partial charge in [0.2, 0.25) is 10.0 Å². The standard InChI is InChI=1S/C26H28N2O6S/c1-4-19-11-8-12-22(15-19)27-25(29)18-34-26(30)21-13-14-23(33-3)24(16-21)35(31,32)28(2)17-20-9-6-5-7-10-20/h5-16H,4,17-18H2,1-3H3,(H,27,29). The van der Waals surface area contributed by atoms with Gasteiger partial charge in [-0.1, -0.05) is 49.4 Å². The van der Waals surface area contributed by atoms with Crippen LogP contribution < -0.4 is 10.1 Å². The number of ether oxygens (including phenoxy) is 2. The number of methoxy groups -OCH3 is 1. The summed E-state index contributed by atoms with van der Waals surface area (Å²) in [6, 6.07) is 20.5. The van der Waals surface area contributed by atoms with E-state index in [0.29, 0.717) is 5.69 Å². The van der Waals surface area contributed by atoms with Crippen LogP contribution in [0.15, 0.2) is 77.7 Å². The molecule has 3 aromatic rings. The van der Waals surface area contributed by atoms with E-state index in [-0.39, 0.29) is 22.8 Å². The molecule has 35 heavy (non-hydrogen) atoms. The molecule has 0 aliphatic carbocycles. The van der Waals surface area contributed by atoms with Crippen LogP contribution in [0.5, 0.6) is 5.75 Å². The number of hydrogen-bond donors (Lipinski definition) is 1. The van der Waals surface area contributed by atoms with Crippen molar-refractivity contribution in [2.45, 2.75) is 24.8 Å². The molecule has 3 aromatic carbocycles. The number of sulfonamides is 1. The third-order valence-electron chi connectivity index (χ3n) is 5.29. The van der Waals surface area contributed by atoms with Crippen molar-refractivity contribution < 1.29 is 27.5 Å². The van der Waals surface area contributed by atoms with Crippen molar-refractivity contribution in [1.82, 2.24) is 4.31 Å². The number of rotatable bonds is 10. The molecule has 0 unspecified atom stereocenters. The van der Waals surface area contributed by atoms with Gasteiger partial charge in [0.25, 0.3) is 5.91 Å². The Morgan fingerprint density at radius 3 is 2.34 bits per heavy atom. The number of nitrogens with zero attached hydrogens (tertiary/aromatic N) is 1. The molecular weight excluding hydrogens is 468 g/mol. The molecule has 0 fully saturated rings. The predicted molar refractivity (Wildman–Crippen MR) is 133 cm³/mol. The quantitative estimate of drug-likeness (QED) is 0.428. The van der Waals surface area contributed by atoms with Crippen LogP contribution in [-0.4, -0.2) is 45.4 Å². The summed E-state index contributed by atoms with van der Waals surface area (Å²) < 4.78 is 38.0. The minimum atomic E-state index is -3.99. The van der Waals surface area contributed by atoms with Crippen LogP contribution in [0.1, 0.15) is 28.4 Å². The molecule has 0 spiro atoms. The number of nitrogens with one attached hydrogen (secondary N) is 1. The highest BCUT2D eigenvalue weighted by atomic mass is 32.2. The highest BCUT2D eigenvalue weighted by Gasteiger charge is 2.27. The maximum Gasteiger partial charge on any atom is 0.338 e. The highest BCUT2D eigenvalue weighted by Crippen LogP contribution is 2.28. The number of aryl methyl sites for hydroxylation is 1. The van der Waals surface area contributed by atoms with Crippen molar-refractivity contribution >= 4 is 27.6 Å². The Kier molecular flexibility index (Phi) is 8.62. The lowest BCUT2D eigenvalue weighted by Gasteiger charge is -2.19. The van der Waals surface area contributed by atoms with Gasteiger partial charge in [0.05, 0.1) is 12.7 Å². The summed E-state index contributed by atoms with van der Waals surface area (Å²) in [7, 11) is -1.20. The van der Waals surface area contributed by atoms with Gasteiger partial charge in [0.15, 0.2) is 6.61 Å². The minimum Gasteiger partial charge on any atom is -0.495 e. The van der Waals surface area contributed by atoms with Crippen LogP contribution >= 0.6 is 0 Å². The Morgan fingerprint density at radius 1 is 0.943 bits per heavy atom. The van der Waals surface area contributed by atoms with Crippen molar-refractivity contribution in [3.05, 3.63) is 89.5 Å². The topological polar surface area (TPSA) is 102 Å². The summed E-state index contributed by atoms with van der Waals surface area (Å²) in [5.74, 6) is -1.24. The van der Waals surface area contributed by atoms with Crippen LogP contribution in [0.25, 0.3) is 0 Å². The molecule has 0 saturated carbocycles. The molecule has 1 N–H and O–H groups in total. The molecule has 0 bridgehead atoms. The molecular formula is C26H28N2O6S. The molecule has 0 radical (unpaired) electrons. The summed E-state index contributed by atoms with van der Waals surface area (Å²) in [4.78, 5) is 24.6. The van der Waals surface area contributed by atoms with Gasteiger partial charge in [0, 0.05) is 19.3 Å². The van der Waals surface area contributed by atoms with Crippen molar-refractivity contribution in [2.75, 3.05) is 26.1 Å². The van der Waals surface area contributed by atoms with Gasteiger partial charge in [-0.2, -0.15) is 4.31 Å². The fourth-order valence-electron chi connectivity index (χ4n) is 3.38. The van der Waals surface area contributed by atoms with E-state index in [1.807, 2.05) is 55.5 Å². The molecule has 0 saturated heterocycles. The average molecular weight is 497 g/mol. The maximum absolute atomic E-state index is 13.2. The Morgan fingerprint density at radius 2 is 1.66 bits per heavy atom. The van der Waals surface area contributed by atoms with Gasteiger partial charge < -0.3 is 14.8 Å². The summed E-state index contributed by atoms with van der Waals surface area (Å²) in [5.41, 5.74) is 2.45. The molecule has 1 amide bonds. The Balaban J connectivity index is 1.72. The van der Waals surface area contributed by atoms with E-state index in [1.165, 1.54) is 36.7 Å². The van der Waals surface area contributed by atoms with Gasteiger partial charge >= 0.3 is 5.97 Å². The second-order valence-electron chi connectivity index (χ2n) is 7.79. The van der Waals surface area contributed by atoms with Crippen LogP contribution in [0.3, 0.4) is 0 Å². The Labute approximate surface area is 205 Å². The van der Waals surface area contributed by atoms with Gasteiger partial charge in [0.1, 0.15) is 10.6 Å². The number of hydrogen-bond acceptors (Lipinski definition) is 6. The zero-order valence-corrected chi connectivity index (χ0v) is 20.7. The summed E-state index contributed by atoms with van der Waals surface area (Å²) >= 11 is 0. The lowest BCUT2D eigenvalue weighted by molar-refractivity contribution is -0.119. The van der Waals surface area contributed by atoms with Crippen LogP contribution in [-0.2, 0) is 32.5 Å². The molecule has 0 aliphatic rings. The third-order valence-corrected chi connectivity index (χ3v) is 7.11. The number of esters is 1. The number of carbonyl (C=O) groups is 2. The first kappa shape index (κ1) is 25.9. The SMILES string of the molecule is CCc1cccc(NC(=O)COC(=O)c2ccc(OC)c(S(=O)(=O)N(C)Cc3ccccc3)c2)c1. The fourth-order valence-corrected chi connectivity index (χ4v) is 4.72. The van der Waals surface area contributed by atoms with Crippen molar-refractivity contribution in [3.8, 4) is 5.75 Å². The van der Waals surface area contributed by atoms with Crippen molar-refractivity contribution in [1.29, 1.82) is 0 Å². The van der Waals surface area contributed by atoms with Crippen LogP contribution in [0.4, 0.5) is 5.69 Å². The summed E-state index contributed by atoms with van der Waals surface area (Å²) in [5, 5.41) is 2.68. The molecule has 0 atom stereocenters. The van der Waals surface area contributed by atoms with E-state index in [1.54, 1.807) is 6.07 Å². The van der Waals surface area contributed by atoms with E-state index >= 15 is 0 Å². The summed E-state index contributed by atoms with van der Waals surface area (Å²) in [6.07, 6.45) is 0.821. The van der Waals surface area contributed by atoms with Crippen molar-refractivity contribution in [3.63, 3.8) is 0 Å². The fraction of sp³-hybridized carbons (Fsp3) is 0.231. The minimum absolute atomic E-state index is 0.0155. The lowest BCUT2D eigenvalue weighted by Crippen LogP contribution is -2.27. The first-order chi connectivity index (χ1) is 16.7. The molecule has 0 heterocycles. The first-order valence-electron chi connectivity index (χ1n) is 11.0. The average Bonchev–Trinajstić information content (AvgIpc) is 2.87. The van der Waals surface area contributed by atoms with Crippen molar-refractivity contribution in [2.24, 2.45) is 0 Å². The Hall–Kier alpha value is -3.69. The summed E-state index contributed by atoms with van der Waals surface area (Å²) in [6.45, 7) is 1.63. The van der Waals surface area contributed by atoms with Gasteiger partial charge in [-0.3, -0.25) is 4.79 Å². The van der Waals surface area contributed by atoms with E-state index < -0.39 is 28.5 Å². The van der Waals surface area contributed by atoms with E-state index in [0.717, 1.165) is 17.5 Å². The molecule has 8 nitrogen and oxygen atoms in total. The van der Waals surface area contributed by atoms with Gasteiger partial charge in [-0.25, -0.2) is 13.2 Å². The number of benzene rings is 3. The second-order valence-corrected chi connectivity index (χ2v) is 9.80. The van der Waals surface area contributed by atoms with E-state index in [4.69, 9.17) is 9.47 Å².